The van der Waals surface area contributed by atoms with Crippen molar-refractivity contribution in [2.45, 2.75) is 37.2 Å². The highest BCUT2D eigenvalue weighted by Gasteiger charge is 2.47. The van der Waals surface area contributed by atoms with Crippen LogP contribution in [0.1, 0.15) is 24.5 Å². The molecule has 3 unspecified atom stereocenters. The van der Waals surface area contributed by atoms with Gasteiger partial charge < -0.3 is 20.3 Å². The number of ether oxygens (including phenoxy) is 1. The monoisotopic (exact) mass is 417 g/mol. The summed E-state index contributed by atoms with van der Waals surface area (Å²) in [7, 11) is 0. The number of amides is 1. The van der Waals surface area contributed by atoms with Crippen molar-refractivity contribution in [1.82, 2.24) is 9.80 Å². The predicted octanol–water partition coefficient (Wildman–Crippen LogP) is 2.49. The summed E-state index contributed by atoms with van der Waals surface area (Å²) in [6, 6.07) is 2.29. The van der Waals surface area contributed by atoms with E-state index in [0.717, 1.165) is 28.7 Å². The summed E-state index contributed by atoms with van der Waals surface area (Å²) in [6.07, 6.45) is -4.72. The number of rotatable bonds is 2. The lowest BCUT2D eigenvalue weighted by atomic mass is 9.93. The number of hydrogen-bond acceptors (Lipinski definition) is 4. The Kier molecular flexibility index (Phi) is 5.02. The molecule has 3 aliphatic heterocycles. The molecule has 3 aliphatic rings. The van der Waals surface area contributed by atoms with Gasteiger partial charge in [0.05, 0.1) is 19.2 Å². The summed E-state index contributed by atoms with van der Waals surface area (Å²) in [5, 5.41) is 0. The first kappa shape index (κ1) is 20.1. The molecule has 0 aromatic heterocycles. The second kappa shape index (κ2) is 7.24. The van der Waals surface area contributed by atoms with E-state index < -0.39 is 35.9 Å². The molecule has 10 heteroatoms. The molecule has 29 heavy (non-hydrogen) atoms. The quantitative estimate of drug-likeness (QED) is 0.752. The number of hydrogen-bond donors (Lipinski definition) is 1. The molecule has 0 saturated carbocycles. The van der Waals surface area contributed by atoms with Gasteiger partial charge in [-0.3, -0.25) is 4.79 Å². The number of carbonyl (C=O) groups excluding carboxylic acids is 1. The molecule has 2 N–H and O–H groups in total. The van der Waals surface area contributed by atoms with Crippen LogP contribution < -0.4 is 5.73 Å². The molecule has 1 aromatic carbocycles. The lowest BCUT2D eigenvalue weighted by Crippen LogP contribution is -2.49. The molecule has 1 saturated heterocycles. The van der Waals surface area contributed by atoms with Crippen molar-refractivity contribution in [3.8, 4) is 0 Å². The highest BCUT2D eigenvalue weighted by atomic mass is 19.4. The van der Waals surface area contributed by atoms with E-state index in [1.165, 1.54) is 0 Å². The van der Waals surface area contributed by atoms with Crippen LogP contribution in [0.4, 0.5) is 22.0 Å². The maximum absolute atomic E-state index is 14.1. The van der Waals surface area contributed by atoms with Crippen molar-refractivity contribution in [3.63, 3.8) is 0 Å². The summed E-state index contributed by atoms with van der Waals surface area (Å²) >= 11 is 0. The largest absolute Gasteiger partial charge is 0.471 e. The van der Waals surface area contributed by atoms with Crippen molar-refractivity contribution in [2.24, 2.45) is 5.73 Å². The molecule has 3 atom stereocenters. The van der Waals surface area contributed by atoms with Crippen LogP contribution in [-0.4, -0.2) is 60.2 Å². The van der Waals surface area contributed by atoms with Crippen LogP contribution in [0.3, 0.4) is 0 Å². The van der Waals surface area contributed by atoms with Crippen molar-refractivity contribution in [2.75, 3.05) is 26.2 Å². The van der Waals surface area contributed by atoms with E-state index in [9.17, 15) is 26.7 Å². The van der Waals surface area contributed by atoms with Crippen LogP contribution in [0.2, 0.25) is 0 Å². The summed E-state index contributed by atoms with van der Waals surface area (Å²) in [5.41, 5.74) is 7.76. The van der Waals surface area contributed by atoms with Crippen molar-refractivity contribution in [1.29, 1.82) is 0 Å². The van der Waals surface area contributed by atoms with Crippen molar-refractivity contribution in [3.05, 3.63) is 46.7 Å². The Labute approximate surface area is 163 Å². The molecule has 4 rings (SSSR count). The van der Waals surface area contributed by atoms with Crippen LogP contribution in [0.15, 0.2) is 29.5 Å². The van der Waals surface area contributed by atoms with Crippen LogP contribution >= 0.6 is 0 Å². The van der Waals surface area contributed by atoms with Gasteiger partial charge in [-0.2, -0.15) is 13.2 Å². The van der Waals surface area contributed by atoms with E-state index in [1.54, 1.807) is 0 Å². The lowest BCUT2D eigenvalue weighted by Gasteiger charge is -2.40. The van der Waals surface area contributed by atoms with E-state index in [0.29, 0.717) is 25.1 Å². The molecule has 0 radical (unpaired) electrons. The van der Waals surface area contributed by atoms with Gasteiger partial charge in [0.15, 0.2) is 0 Å². The fourth-order valence-corrected chi connectivity index (χ4v) is 4.42. The predicted molar refractivity (Wildman–Crippen MR) is 92.4 cm³/mol. The van der Waals surface area contributed by atoms with Gasteiger partial charge in [-0.25, -0.2) is 8.78 Å². The lowest BCUT2D eigenvalue weighted by molar-refractivity contribution is -0.184. The summed E-state index contributed by atoms with van der Waals surface area (Å²) in [4.78, 5) is 14.3. The van der Waals surface area contributed by atoms with Gasteiger partial charge in [-0.15, -0.1) is 0 Å². The summed E-state index contributed by atoms with van der Waals surface area (Å²) < 4.78 is 71.5. The zero-order valence-electron chi connectivity index (χ0n) is 15.4. The highest BCUT2D eigenvalue weighted by molar-refractivity contribution is 5.83. The number of halogens is 5. The molecule has 5 nitrogen and oxygen atoms in total. The number of alkyl halides is 3. The smallest absolute Gasteiger partial charge is 0.370 e. The molecule has 1 aromatic rings. The van der Waals surface area contributed by atoms with Crippen LogP contribution in [-0.2, 0) is 9.53 Å². The average Bonchev–Trinajstić information content (AvgIpc) is 3.23. The SMILES string of the molecule is NC1CC(N2CCC3=C2CN(C(=O)C(F)(F)F)C3)COC1c1cc(F)ccc1F. The van der Waals surface area contributed by atoms with Crippen LogP contribution in [0.5, 0.6) is 0 Å². The molecular weight excluding hydrogens is 397 g/mol. The van der Waals surface area contributed by atoms with Crippen molar-refractivity contribution >= 4 is 5.91 Å². The van der Waals surface area contributed by atoms with E-state index in [-0.39, 0.29) is 31.3 Å². The van der Waals surface area contributed by atoms with E-state index in [2.05, 4.69) is 0 Å². The first-order valence-electron chi connectivity index (χ1n) is 9.31. The standard InChI is InChI=1S/C19H20F5N3O2/c20-11-1-2-14(21)13(5-11)17-15(25)6-12(9-29-17)27-4-3-10-7-26(8-16(10)27)18(28)19(22,23)24/h1-2,5,12,15,17H,3-4,6-9,25H2. The molecule has 1 amide bonds. The zero-order chi connectivity index (χ0) is 20.9. The first-order chi connectivity index (χ1) is 13.6. The molecule has 0 bridgehead atoms. The minimum atomic E-state index is -4.90. The molecule has 0 aliphatic carbocycles. The average molecular weight is 417 g/mol. The Balaban J connectivity index is 1.44. The third-order valence-corrected chi connectivity index (χ3v) is 5.77. The van der Waals surface area contributed by atoms with Crippen LogP contribution in [0.25, 0.3) is 0 Å². The number of carbonyl (C=O) groups is 1. The molecule has 3 heterocycles. The first-order valence-corrected chi connectivity index (χ1v) is 9.31. The fraction of sp³-hybridized carbons (Fsp3) is 0.526. The van der Waals surface area contributed by atoms with Gasteiger partial charge in [0.2, 0.25) is 0 Å². The Morgan fingerprint density at radius 2 is 1.97 bits per heavy atom. The molecular formula is C19H20F5N3O2. The van der Waals surface area contributed by atoms with Gasteiger partial charge in [-0.1, -0.05) is 0 Å². The Hall–Kier alpha value is -2.20. The van der Waals surface area contributed by atoms with Gasteiger partial charge in [0.25, 0.3) is 0 Å². The molecule has 0 spiro atoms. The normalized spacial score (nSPS) is 27.6. The second-order valence-electron chi connectivity index (χ2n) is 7.63. The van der Waals surface area contributed by atoms with E-state index in [4.69, 9.17) is 10.5 Å². The van der Waals surface area contributed by atoms with Crippen molar-refractivity contribution < 1.29 is 31.5 Å². The van der Waals surface area contributed by atoms with Gasteiger partial charge in [0.1, 0.15) is 17.7 Å². The summed E-state index contributed by atoms with van der Waals surface area (Å²) in [6.45, 7) is 0.666. The molecule has 1 fully saturated rings. The van der Waals surface area contributed by atoms with E-state index >= 15 is 0 Å². The highest BCUT2D eigenvalue weighted by Crippen LogP contribution is 2.38. The molecule has 158 valence electrons. The second-order valence-corrected chi connectivity index (χ2v) is 7.63. The number of nitrogens with two attached hydrogens (primary N) is 1. The van der Waals surface area contributed by atoms with Crippen LogP contribution in [0, 0.1) is 11.6 Å². The Morgan fingerprint density at radius 1 is 1.21 bits per heavy atom. The summed E-state index contributed by atoms with van der Waals surface area (Å²) in [5.74, 6) is -3.03. The fourth-order valence-electron chi connectivity index (χ4n) is 4.42. The topological polar surface area (TPSA) is 58.8 Å². The van der Waals surface area contributed by atoms with E-state index in [1.807, 2.05) is 4.90 Å². The van der Waals surface area contributed by atoms with Gasteiger partial charge in [0, 0.05) is 30.4 Å². The number of benzene rings is 1. The third kappa shape index (κ3) is 3.71. The minimum absolute atomic E-state index is 0.0268. The Bertz CT molecular complexity index is 857. The van der Waals surface area contributed by atoms with Gasteiger partial charge >= 0.3 is 12.1 Å². The maximum Gasteiger partial charge on any atom is 0.471 e. The zero-order valence-corrected chi connectivity index (χ0v) is 15.4. The minimum Gasteiger partial charge on any atom is -0.370 e. The third-order valence-electron chi connectivity index (χ3n) is 5.77. The number of nitrogens with zero attached hydrogens (tertiary/aromatic N) is 2. The van der Waals surface area contributed by atoms with Gasteiger partial charge in [-0.05, 0) is 36.6 Å². The Morgan fingerprint density at radius 3 is 2.66 bits per heavy atom. The maximum atomic E-state index is 14.1.